The standard InChI is InChI=1S/3C4H9O.C3H7.Sn/c3*1-2-3-4-5;1-3-2;/h3*2-4H2,1H3;3H,1-2H3;/q3*-1;;+3. The van der Waals surface area contributed by atoms with Gasteiger partial charge in [-0.3, -0.25) is 0 Å². The van der Waals surface area contributed by atoms with E-state index in [1.165, 1.54) is 0 Å². The van der Waals surface area contributed by atoms with E-state index in [-0.39, 0.29) is 0 Å². The topological polar surface area (TPSA) is 27.7 Å². The van der Waals surface area contributed by atoms with Gasteiger partial charge in [0.1, 0.15) is 0 Å². The van der Waals surface area contributed by atoms with Crippen LogP contribution < -0.4 is 0 Å². The fraction of sp³-hybridized carbons (Fsp3) is 1.00. The summed E-state index contributed by atoms with van der Waals surface area (Å²) in [5.74, 6) is 0. The van der Waals surface area contributed by atoms with Crippen molar-refractivity contribution in [3.8, 4) is 0 Å². The Balaban J connectivity index is 4.48. The predicted octanol–water partition coefficient (Wildman–Crippen LogP) is 4.79. The van der Waals surface area contributed by atoms with Gasteiger partial charge in [-0.1, -0.05) is 0 Å². The Morgan fingerprint density at radius 1 is 0.684 bits per heavy atom. The number of unbranched alkanes of at least 4 members (excludes halogenated alkanes) is 3. The third kappa shape index (κ3) is 8.53. The Morgan fingerprint density at radius 2 is 1.00 bits per heavy atom. The predicted molar refractivity (Wildman–Crippen MR) is 83.4 cm³/mol. The molecule has 0 aliphatic rings. The molecule has 0 saturated heterocycles. The van der Waals surface area contributed by atoms with Crippen molar-refractivity contribution in [1.82, 2.24) is 0 Å². The Morgan fingerprint density at radius 3 is 1.21 bits per heavy atom. The molecule has 0 saturated carbocycles. The molecule has 0 bridgehead atoms. The molecule has 0 radical (unpaired) electrons. The molecule has 116 valence electrons. The molecule has 0 atom stereocenters. The van der Waals surface area contributed by atoms with Gasteiger partial charge in [-0.2, -0.15) is 0 Å². The Labute approximate surface area is 125 Å². The van der Waals surface area contributed by atoms with Crippen LogP contribution in [0.2, 0.25) is 3.93 Å². The number of hydrogen-bond donors (Lipinski definition) is 0. The first kappa shape index (κ1) is 19.7. The van der Waals surface area contributed by atoms with Gasteiger partial charge in [0.15, 0.2) is 0 Å². The van der Waals surface area contributed by atoms with Crippen LogP contribution in [0.15, 0.2) is 0 Å². The first-order chi connectivity index (χ1) is 9.13. The van der Waals surface area contributed by atoms with Crippen LogP contribution in [0.3, 0.4) is 0 Å². The van der Waals surface area contributed by atoms with Gasteiger partial charge >= 0.3 is 126 Å². The molecule has 0 aliphatic heterocycles. The van der Waals surface area contributed by atoms with E-state index < -0.39 is 19.6 Å². The monoisotopic (exact) mass is 382 g/mol. The van der Waals surface area contributed by atoms with Crippen LogP contribution in [0.4, 0.5) is 0 Å². The van der Waals surface area contributed by atoms with E-state index >= 15 is 0 Å². The minimum absolute atomic E-state index is 0.403. The molecule has 0 aliphatic carbocycles. The van der Waals surface area contributed by atoms with Gasteiger partial charge in [-0.25, -0.2) is 0 Å². The van der Waals surface area contributed by atoms with Crippen molar-refractivity contribution in [3.05, 3.63) is 0 Å². The first-order valence-corrected chi connectivity index (χ1v) is 13.2. The summed E-state index contributed by atoms with van der Waals surface area (Å²) in [5, 5.41) is 0. The van der Waals surface area contributed by atoms with Crippen LogP contribution in [-0.4, -0.2) is 39.4 Å². The second kappa shape index (κ2) is 12.4. The van der Waals surface area contributed by atoms with Gasteiger partial charge in [0, 0.05) is 0 Å². The van der Waals surface area contributed by atoms with Crippen LogP contribution in [0, 0.1) is 0 Å². The van der Waals surface area contributed by atoms with Crippen LogP contribution in [0.5, 0.6) is 0 Å². The van der Waals surface area contributed by atoms with Crippen molar-refractivity contribution < 1.29 is 9.22 Å². The maximum atomic E-state index is 6.19. The fourth-order valence-corrected chi connectivity index (χ4v) is 8.94. The SMILES string of the molecule is CCCC[O][Sn]([O]CCCC)([O]CCCC)[CH](C)C. The molecule has 19 heavy (non-hydrogen) atoms. The zero-order valence-corrected chi connectivity index (χ0v) is 16.5. The van der Waals surface area contributed by atoms with Crippen LogP contribution in [0.1, 0.15) is 73.1 Å². The van der Waals surface area contributed by atoms with E-state index in [0.717, 1.165) is 58.3 Å². The first-order valence-electron chi connectivity index (χ1n) is 8.04. The van der Waals surface area contributed by atoms with Gasteiger partial charge in [0.2, 0.25) is 0 Å². The zero-order valence-electron chi connectivity index (χ0n) is 13.7. The molecule has 0 spiro atoms. The Bertz CT molecular complexity index is 171. The molecule has 0 rings (SSSR count). The van der Waals surface area contributed by atoms with Crippen molar-refractivity contribution in [3.63, 3.8) is 0 Å². The summed E-state index contributed by atoms with van der Waals surface area (Å²) >= 11 is -3.32. The molecule has 0 unspecified atom stereocenters. The van der Waals surface area contributed by atoms with Crippen LogP contribution >= 0.6 is 0 Å². The summed E-state index contributed by atoms with van der Waals surface area (Å²) in [6.07, 6.45) is 6.76. The molecule has 0 N–H and O–H groups in total. The van der Waals surface area contributed by atoms with Crippen LogP contribution in [-0.2, 0) is 9.22 Å². The van der Waals surface area contributed by atoms with Crippen molar-refractivity contribution in [2.45, 2.75) is 77.1 Å². The summed E-state index contributed by atoms with van der Waals surface area (Å²) in [6.45, 7) is 13.3. The third-order valence-corrected chi connectivity index (χ3v) is 12.3. The molecular formula is C15H34O3Sn. The zero-order chi connectivity index (χ0) is 14.6. The summed E-state index contributed by atoms with van der Waals surface area (Å²) in [5.41, 5.74) is 0. The van der Waals surface area contributed by atoms with Crippen molar-refractivity contribution in [2.75, 3.05) is 19.8 Å². The second-order valence-corrected chi connectivity index (χ2v) is 14.6. The summed E-state index contributed by atoms with van der Waals surface area (Å²) in [4.78, 5) is 0. The molecule has 0 aromatic rings. The van der Waals surface area contributed by atoms with Crippen molar-refractivity contribution in [1.29, 1.82) is 0 Å². The van der Waals surface area contributed by atoms with Gasteiger partial charge in [-0.15, -0.1) is 0 Å². The summed E-state index contributed by atoms with van der Waals surface area (Å²) in [6, 6.07) is 0. The van der Waals surface area contributed by atoms with Crippen molar-refractivity contribution in [2.24, 2.45) is 0 Å². The quantitative estimate of drug-likeness (QED) is 0.339. The molecule has 4 heteroatoms. The van der Waals surface area contributed by atoms with Crippen LogP contribution in [0.25, 0.3) is 0 Å². The van der Waals surface area contributed by atoms with Gasteiger partial charge in [0.05, 0.1) is 0 Å². The van der Waals surface area contributed by atoms with E-state index in [1.54, 1.807) is 0 Å². The minimum atomic E-state index is -3.32. The normalized spacial score (nSPS) is 12.3. The molecule has 3 nitrogen and oxygen atoms in total. The fourth-order valence-electron chi connectivity index (χ4n) is 1.70. The molecule has 0 heterocycles. The Kier molecular flexibility index (Phi) is 12.9. The van der Waals surface area contributed by atoms with E-state index in [9.17, 15) is 0 Å². The average Bonchev–Trinajstić information content (AvgIpc) is 2.38. The van der Waals surface area contributed by atoms with E-state index in [4.69, 9.17) is 9.22 Å². The molecule has 0 aromatic carbocycles. The summed E-state index contributed by atoms with van der Waals surface area (Å²) < 4.78 is 19.0. The van der Waals surface area contributed by atoms with Gasteiger partial charge in [0.25, 0.3) is 0 Å². The van der Waals surface area contributed by atoms with Gasteiger partial charge in [-0.05, 0) is 0 Å². The van der Waals surface area contributed by atoms with E-state index in [2.05, 4.69) is 34.6 Å². The second-order valence-electron chi connectivity index (χ2n) is 5.36. The van der Waals surface area contributed by atoms with Gasteiger partial charge < -0.3 is 0 Å². The third-order valence-electron chi connectivity index (χ3n) is 3.11. The molecule has 0 amide bonds. The average molecular weight is 381 g/mol. The van der Waals surface area contributed by atoms with Crippen molar-refractivity contribution >= 4 is 19.6 Å². The van der Waals surface area contributed by atoms with E-state index in [0.29, 0.717) is 3.93 Å². The molecular weight excluding hydrogens is 347 g/mol. The summed E-state index contributed by atoms with van der Waals surface area (Å²) in [7, 11) is 0. The molecule has 0 aromatic heterocycles. The number of rotatable bonds is 13. The Hall–Kier alpha value is 0.679. The van der Waals surface area contributed by atoms with E-state index in [1.807, 2.05) is 0 Å². The number of hydrogen-bond acceptors (Lipinski definition) is 3. The molecule has 0 fully saturated rings. The maximum absolute atomic E-state index is 6.19.